The molecule has 0 atom stereocenters. The van der Waals surface area contributed by atoms with E-state index in [2.05, 4.69) is 0 Å². The second-order valence-electron chi connectivity index (χ2n) is 6.63. The van der Waals surface area contributed by atoms with Crippen LogP contribution in [0.2, 0.25) is 5.02 Å². The average Bonchev–Trinajstić information content (AvgIpc) is 3.05. The van der Waals surface area contributed by atoms with Crippen molar-refractivity contribution in [3.8, 4) is 5.75 Å². The van der Waals surface area contributed by atoms with Gasteiger partial charge in [0.15, 0.2) is 5.17 Å². The molecule has 4 rings (SSSR count). The molecule has 0 N–H and O–H groups in total. The normalized spacial score (nSPS) is 16.5. The lowest BCUT2D eigenvalue weighted by molar-refractivity contribution is -0.122. The first-order valence-corrected chi connectivity index (χ1v) is 10.6. The fraction of sp³-hybridized carbons (Fsp3) is 0.0833. The van der Waals surface area contributed by atoms with Gasteiger partial charge >= 0.3 is 0 Å². The second kappa shape index (κ2) is 9.20. The second-order valence-corrected chi connectivity index (χ2v) is 8.08. The predicted octanol–water partition coefficient (Wildman–Crippen LogP) is 6.15. The SMILES string of the molecule is COc1ccc(CN2C(=O)/C(=C/c3ccc(Cl)cc3)SC2=Nc2ccccc2)cc1. The first-order valence-electron chi connectivity index (χ1n) is 9.36. The van der Waals surface area contributed by atoms with Crippen LogP contribution in [0.3, 0.4) is 0 Å². The summed E-state index contributed by atoms with van der Waals surface area (Å²) in [4.78, 5) is 20.3. The van der Waals surface area contributed by atoms with E-state index < -0.39 is 0 Å². The Balaban J connectivity index is 1.66. The molecule has 0 bridgehead atoms. The Hall–Kier alpha value is -3.02. The maximum atomic E-state index is 13.2. The molecular weight excluding hydrogens is 416 g/mol. The molecule has 4 nitrogen and oxygen atoms in total. The van der Waals surface area contributed by atoms with Crippen LogP contribution >= 0.6 is 23.4 Å². The lowest BCUT2D eigenvalue weighted by Crippen LogP contribution is -2.28. The fourth-order valence-corrected chi connectivity index (χ4v) is 4.09. The third-order valence-electron chi connectivity index (χ3n) is 4.54. The van der Waals surface area contributed by atoms with Gasteiger partial charge in [0.2, 0.25) is 0 Å². The number of halogens is 1. The molecule has 0 radical (unpaired) electrons. The van der Waals surface area contributed by atoms with Crippen LogP contribution in [-0.2, 0) is 11.3 Å². The molecule has 1 fully saturated rings. The van der Waals surface area contributed by atoms with Gasteiger partial charge < -0.3 is 4.74 Å². The number of hydrogen-bond acceptors (Lipinski definition) is 4. The lowest BCUT2D eigenvalue weighted by Gasteiger charge is -2.16. The van der Waals surface area contributed by atoms with Crippen molar-refractivity contribution in [2.75, 3.05) is 7.11 Å². The highest BCUT2D eigenvalue weighted by Crippen LogP contribution is 2.35. The Morgan fingerprint density at radius 1 is 1.00 bits per heavy atom. The van der Waals surface area contributed by atoms with Gasteiger partial charge in [0.1, 0.15) is 5.75 Å². The van der Waals surface area contributed by atoms with Crippen LogP contribution in [0, 0.1) is 0 Å². The van der Waals surface area contributed by atoms with Crippen LogP contribution in [0.5, 0.6) is 5.75 Å². The molecule has 0 spiro atoms. The highest BCUT2D eigenvalue weighted by Gasteiger charge is 2.33. The topological polar surface area (TPSA) is 41.9 Å². The summed E-state index contributed by atoms with van der Waals surface area (Å²) in [5, 5.41) is 1.32. The number of benzene rings is 3. The molecule has 1 heterocycles. The monoisotopic (exact) mass is 434 g/mol. The maximum Gasteiger partial charge on any atom is 0.267 e. The number of para-hydroxylation sites is 1. The largest absolute Gasteiger partial charge is 0.497 e. The van der Waals surface area contributed by atoms with E-state index in [1.54, 1.807) is 12.0 Å². The molecule has 6 heteroatoms. The first-order chi connectivity index (χ1) is 14.6. The number of ether oxygens (including phenoxy) is 1. The van der Waals surface area contributed by atoms with E-state index in [1.165, 1.54) is 11.8 Å². The summed E-state index contributed by atoms with van der Waals surface area (Å²) >= 11 is 7.35. The summed E-state index contributed by atoms with van der Waals surface area (Å²) in [5.74, 6) is 0.711. The number of amides is 1. The van der Waals surface area contributed by atoms with Crippen LogP contribution in [0.1, 0.15) is 11.1 Å². The molecule has 3 aromatic carbocycles. The maximum absolute atomic E-state index is 13.2. The molecule has 150 valence electrons. The zero-order valence-corrected chi connectivity index (χ0v) is 17.9. The van der Waals surface area contributed by atoms with Crippen molar-refractivity contribution in [2.45, 2.75) is 6.54 Å². The van der Waals surface area contributed by atoms with Crippen LogP contribution in [0.25, 0.3) is 6.08 Å². The number of rotatable bonds is 5. The van der Waals surface area contributed by atoms with Gasteiger partial charge in [-0.15, -0.1) is 0 Å². The quantitative estimate of drug-likeness (QED) is 0.452. The van der Waals surface area contributed by atoms with Crippen molar-refractivity contribution in [3.63, 3.8) is 0 Å². The highest BCUT2D eigenvalue weighted by atomic mass is 35.5. The highest BCUT2D eigenvalue weighted by molar-refractivity contribution is 8.18. The predicted molar refractivity (Wildman–Crippen MR) is 124 cm³/mol. The van der Waals surface area contributed by atoms with Crippen molar-refractivity contribution in [2.24, 2.45) is 4.99 Å². The van der Waals surface area contributed by atoms with Gasteiger partial charge in [-0.1, -0.05) is 54.1 Å². The minimum Gasteiger partial charge on any atom is -0.497 e. The van der Waals surface area contributed by atoms with E-state index >= 15 is 0 Å². The molecule has 0 aliphatic carbocycles. The van der Waals surface area contributed by atoms with Crippen molar-refractivity contribution in [1.29, 1.82) is 0 Å². The molecule has 30 heavy (non-hydrogen) atoms. The average molecular weight is 435 g/mol. The number of nitrogens with zero attached hydrogens (tertiary/aromatic N) is 2. The van der Waals surface area contributed by atoms with Crippen LogP contribution < -0.4 is 4.74 Å². The minimum atomic E-state index is -0.0690. The van der Waals surface area contributed by atoms with E-state index in [9.17, 15) is 4.79 Å². The van der Waals surface area contributed by atoms with E-state index in [0.29, 0.717) is 21.6 Å². The molecule has 0 saturated carbocycles. The third-order valence-corrected chi connectivity index (χ3v) is 5.80. The Labute approximate surface area is 184 Å². The third kappa shape index (κ3) is 4.75. The van der Waals surface area contributed by atoms with Gasteiger partial charge in [0.25, 0.3) is 5.91 Å². The molecule has 0 unspecified atom stereocenters. The Morgan fingerprint density at radius 2 is 1.70 bits per heavy atom. The minimum absolute atomic E-state index is 0.0690. The molecular formula is C24H19ClN2O2S. The molecule has 3 aromatic rings. The number of methoxy groups -OCH3 is 1. The summed E-state index contributed by atoms with van der Waals surface area (Å²) < 4.78 is 5.23. The van der Waals surface area contributed by atoms with Gasteiger partial charge in [0.05, 0.1) is 24.2 Å². The Morgan fingerprint density at radius 3 is 2.37 bits per heavy atom. The molecule has 1 aliphatic heterocycles. The van der Waals surface area contributed by atoms with Crippen molar-refractivity contribution < 1.29 is 9.53 Å². The summed E-state index contributed by atoms with van der Waals surface area (Å²) in [5.41, 5.74) is 2.72. The lowest BCUT2D eigenvalue weighted by atomic mass is 10.2. The molecule has 1 saturated heterocycles. The number of carbonyl (C=O) groups excluding carboxylic acids is 1. The molecule has 0 aromatic heterocycles. The summed E-state index contributed by atoms with van der Waals surface area (Å²) in [7, 11) is 1.63. The fourth-order valence-electron chi connectivity index (χ4n) is 2.97. The van der Waals surface area contributed by atoms with E-state index in [0.717, 1.165) is 22.6 Å². The summed E-state index contributed by atoms with van der Waals surface area (Å²) in [6, 6.07) is 24.7. The number of aliphatic imine (C=N–C) groups is 1. The summed E-state index contributed by atoms with van der Waals surface area (Å²) in [6.45, 7) is 0.430. The van der Waals surface area contributed by atoms with E-state index in [1.807, 2.05) is 84.9 Å². The Bertz CT molecular complexity index is 1090. The van der Waals surface area contributed by atoms with Crippen molar-refractivity contribution in [1.82, 2.24) is 4.90 Å². The zero-order chi connectivity index (χ0) is 20.9. The molecule has 1 amide bonds. The standard InChI is InChI=1S/C24H19ClN2O2S/c1-29-21-13-9-18(10-14-21)16-27-23(28)22(15-17-7-11-19(25)12-8-17)30-24(27)26-20-5-3-2-4-6-20/h2-15H,16H2,1H3/b22-15-,26-24?. The van der Waals surface area contributed by atoms with E-state index in [-0.39, 0.29) is 5.91 Å². The van der Waals surface area contributed by atoms with Crippen LogP contribution in [-0.4, -0.2) is 23.1 Å². The van der Waals surface area contributed by atoms with Gasteiger partial charge in [-0.3, -0.25) is 9.69 Å². The zero-order valence-electron chi connectivity index (χ0n) is 16.3. The Kier molecular flexibility index (Phi) is 6.21. The van der Waals surface area contributed by atoms with Crippen molar-refractivity contribution in [3.05, 3.63) is 99.9 Å². The summed E-state index contributed by atoms with van der Waals surface area (Å²) in [6.07, 6.45) is 1.87. The van der Waals surface area contributed by atoms with Gasteiger partial charge in [-0.05, 0) is 65.4 Å². The number of carbonyl (C=O) groups is 1. The van der Waals surface area contributed by atoms with Crippen molar-refractivity contribution >= 4 is 46.2 Å². The van der Waals surface area contributed by atoms with Gasteiger partial charge in [0, 0.05) is 5.02 Å². The van der Waals surface area contributed by atoms with Gasteiger partial charge in [-0.2, -0.15) is 0 Å². The number of thioether (sulfide) groups is 1. The number of hydrogen-bond donors (Lipinski definition) is 0. The molecule has 1 aliphatic rings. The number of amidine groups is 1. The first kappa shape index (κ1) is 20.3. The van der Waals surface area contributed by atoms with Crippen LogP contribution in [0.15, 0.2) is 88.8 Å². The smallest absolute Gasteiger partial charge is 0.267 e. The van der Waals surface area contributed by atoms with Crippen LogP contribution in [0.4, 0.5) is 5.69 Å². The van der Waals surface area contributed by atoms with Gasteiger partial charge in [-0.25, -0.2) is 4.99 Å². The van der Waals surface area contributed by atoms with E-state index in [4.69, 9.17) is 21.3 Å².